The summed E-state index contributed by atoms with van der Waals surface area (Å²) in [5.41, 5.74) is 2.02. The number of benzene rings is 1. The van der Waals surface area contributed by atoms with E-state index < -0.39 is 0 Å². The van der Waals surface area contributed by atoms with Crippen LogP contribution in [-0.4, -0.2) is 22.4 Å². The Balaban J connectivity index is 2.20. The molecule has 1 aromatic heterocycles. The van der Waals surface area contributed by atoms with Gasteiger partial charge in [-0.15, -0.1) is 0 Å². The summed E-state index contributed by atoms with van der Waals surface area (Å²) in [5, 5.41) is 0.317. The lowest BCUT2D eigenvalue weighted by Gasteiger charge is -2.24. The summed E-state index contributed by atoms with van der Waals surface area (Å²) in [4.78, 5) is 18.5. The van der Waals surface area contributed by atoms with Crippen molar-refractivity contribution < 1.29 is 4.79 Å². The number of carbonyl (C=O) groups is 1. The van der Waals surface area contributed by atoms with Gasteiger partial charge < -0.3 is 4.90 Å². The fourth-order valence-corrected chi connectivity index (χ4v) is 2.36. The zero-order valence-electron chi connectivity index (χ0n) is 12.4. The molecule has 1 heterocycles. The first-order valence-corrected chi connectivity index (χ1v) is 8.26. The van der Waals surface area contributed by atoms with Gasteiger partial charge in [0.2, 0.25) is 5.91 Å². The van der Waals surface area contributed by atoms with Crippen LogP contribution < -0.4 is 4.90 Å². The van der Waals surface area contributed by atoms with Crippen molar-refractivity contribution in [3.8, 4) is 0 Å². The predicted molar refractivity (Wildman–Crippen MR) is 89.5 cm³/mol. The molecule has 1 amide bonds. The van der Waals surface area contributed by atoms with Gasteiger partial charge in [-0.3, -0.25) is 9.78 Å². The fourth-order valence-electron chi connectivity index (χ4n) is 2.05. The minimum atomic E-state index is 0.145. The first kappa shape index (κ1) is 15.6. The number of rotatable bonds is 6. The van der Waals surface area contributed by atoms with Crippen LogP contribution in [0.4, 0.5) is 5.69 Å². The predicted octanol–water partition coefficient (Wildman–Crippen LogP) is 3.76. The van der Waals surface area contributed by atoms with E-state index in [1.807, 2.05) is 53.6 Å². The third kappa shape index (κ3) is 4.60. The lowest BCUT2D eigenvalue weighted by atomic mass is 10.2. The molecular formula is C17H20N2OS. The van der Waals surface area contributed by atoms with E-state index in [0.717, 1.165) is 11.3 Å². The Morgan fingerprint density at radius 1 is 1.19 bits per heavy atom. The summed E-state index contributed by atoms with van der Waals surface area (Å²) >= 11 is 1.71. The van der Waals surface area contributed by atoms with Gasteiger partial charge in [-0.1, -0.05) is 37.3 Å². The SMILES string of the molecule is CS[C@@H](C)CC(=O)N(Cc1ccccc1)c1ccncc1. The molecule has 0 fully saturated rings. The van der Waals surface area contributed by atoms with E-state index in [0.29, 0.717) is 18.2 Å². The van der Waals surface area contributed by atoms with E-state index in [2.05, 4.69) is 11.9 Å². The van der Waals surface area contributed by atoms with E-state index in [1.165, 1.54) is 0 Å². The first-order chi connectivity index (χ1) is 10.2. The number of thioether (sulfide) groups is 1. The fraction of sp³-hybridized carbons (Fsp3) is 0.294. The average Bonchev–Trinajstić information content (AvgIpc) is 2.54. The summed E-state index contributed by atoms with van der Waals surface area (Å²) in [7, 11) is 0. The summed E-state index contributed by atoms with van der Waals surface area (Å²) in [6, 6.07) is 13.8. The van der Waals surface area contributed by atoms with Crippen molar-refractivity contribution >= 4 is 23.4 Å². The Bertz CT molecular complexity index is 560. The zero-order valence-corrected chi connectivity index (χ0v) is 13.2. The van der Waals surface area contributed by atoms with Crippen LogP contribution in [0.5, 0.6) is 0 Å². The Kier molecular flexibility index (Phi) is 5.81. The standard InChI is InChI=1S/C17H20N2OS/c1-14(21-2)12-17(20)19(16-8-10-18-11-9-16)13-15-6-4-3-5-7-15/h3-11,14H,12-13H2,1-2H3/t14-/m0/s1. The van der Waals surface area contributed by atoms with E-state index in [9.17, 15) is 4.79 Å². The molecule has 0 spiro atoms. The summed E-state index contributed by atoms with van der Waals surface area (Å²) in [5.74, 6) is 0.145. The summed E-state index contributed by atoms with van der Waals surface area (Å²) in [6.45, 7) is 2.67. The molecule has 110 valence electrons. The van der Waals surface area contributed by atoms with Crippen molar-refractivity contribution in [1.82, 2.24) is 4.98 Å². The number of anilines is 1. The van der Waals surface area contributed by atoms with Gasteiger partial charge in [-0.2, -0.15) is 11.8 Å². The maximum atomic E-state index is 12.6. The molecule has 0 saturated heterocycles. The lowest BCUT2D eigenvalue weighted by molar-refractivity contribution is -0.118. The van der Waals surface area contributed by atoms with Crippen molar-refractivity contribution in [3.63, 3.8) is 0 Å². The number of hydrogen-bond acceptors (Lipinski definition) is 3. The molecular weight excluding hydrogens is 280 g/mol. The van der Waals surface area contributed by atoms with E-state index >= 15 is 0 Å². The Hall–Kier alpha value is -1.81. The topological polar surface area (TPSA) is 33.2 Å². The zero-order chi connectivity index (χ0) is 15.1. The average molecular weight is 300 g/mol. The number of carbonyl (C=O) groups excluding carboxylic acids is 1. The maximum absolute atomic E-state index is 12.6. The van der Waals surface area contributed by atoms with Crippen molar-refractivity contribution in [1.29, 1.82) is 0 Å². The van der Waals surface area contributed by atoms with Crippen LogP contribution in [0.1, 0.15) is 18.9 Å². The van der Waals surface area contributed by atoms with Crippen LogP contribution in [0.15, 0.2) is 54.9 Å². The van der Waals surface area contributed by atoms with Gasteiger partial charge in [-0.25, -0.2) is 0 Å². The largest absolute Gasteiger partial charge is 0.308 e. The van der Waals surface area contributed by atoms with Crippen LogP contribution in [-0.2, 0) is 11.3 Å². The highest BCUT2D eigenvalue weighted by atomic mass is 32.2. The van der Waals surface area contributed by atoms with Gasteiger partial charge in [0.15, 0.2) is 0 Å². The Labute approximate surface area is 130 Å². The minimum Gasteiger partial charge on any atom is -0.308 e. The molecule has 1 aromatic carbocycles. The number of pyridine rings is 1. The second-order valence-corrected chi connectivity index (χ2v) is 6.20. The highest BCUT2D eigenvalue weighted by Crippen LogP contribution is 2.20. The minimum absolute atomic E-state index is 0.145. The number of aromatic nitrogens is 1. The molecule has 21 heavy (non-hydrogen) atoms. The van der Waals surface area contributed by atoms with E-state index in [4.69, 9.17) is 0 Å². The summed E-state index contributed by atoms with van der Waals surface area (Å²) in [6.07, 6.45) is 6.01. The van der Waals surface area contributed by atoms with Gasteiger partial charge in [0.25, 0.3) is 0 Å². The second kappa shape index (κ2) is 7.84. The monoisotopic (exact) mass is 300 g/mol. The molecule has 0 unspecified atom stereocenters. The highest BCUT2D eigenvalue weighted by molar-refractivity contribution is 7.99. The molecule has 3 nitrogen and oxygen atoms in total. The quantitative estimate of drug-likeness (QED) is 0.814. The number of amides is 1. The van der Waals surface area contributed by atoms with Crippen LogP contribution in [0.3, 0.4) is 0 Å². The second-order valence-electron chi connectivity index (χ2n) is 4.92. The smallest absolute Gasteiger partial charge is 0.228 e. The van der Waals surface area contributed by atoms with Crippen LogP contribution in [0.2, 0.25) is 0 Å². The molecule has 0 saturated carbocycles. The van der Waals surface area contributed by atoms with Crippen molar-refractivity contribution in [2.24, 2.45) is 0 Å². The molecule has 0 N–H and O–H groups in total. The molecule has 0 aliphatic carbocycles. The van der Waals surface area contributed by atoms with Crippen molar-refractivity contribution in [2.75, 3.05) is 11.2 Å². The molecule has 0 radical (unpaired) electrons. The normalized spacial score (nSPS) is 11.9. The third-order valence-electron chi connectivity index (χ3n) is 3.32. The van der Waals surface area contributed by atoms with Crippen molar-refractivity contribution in [2.45, 2.75) is 25.1 Å². The number of nitrogens with zero attached hydrogens (tertiary/aromatic N) is 2. The Morgan fingerprint density at radius 2 is 1.86 bits per heavy atom. The van der Waals surface area contributed by atoms with Gasteiger partial charge >= 0.3 is 0 Å². The van der Waals surface area contributed by atoms with Gasteiger partial charge in [-0.05, 0) is 24.0 Å². The maximum Gasteiger partial charge on any atom is 0.228 e. The van der Waals surface area contributed by atoms with Crippen LogP contribution in [0.25, 0.3) is 0 Å². The van der Waals surface area contributed by atoms with Crippen LogP contribution in [0, 0.1) is 0 Å². The third-order valence-corrected chi connectivity index (χ3v) is 4.29. The van der Waals surface area contributed by atoms with Gasteiger partial charge in [0.05, 0.1) is 6.54 Å². The molecule has 2 rings (SSSR count). The van der Waals surface area contributed by atoms with Crippen molar-refractivity contribution in [3.05, 3.63) is 60.4 Å². The molecule has 0 aliphatic rings. The summed E-state index contributed by atoms with van der Waals surface area (Å²) < 4.78 is 0. The number of hydrogen-bond donors (Lipinski definition) is 0. The van der Waals surface area contributed by atoms with E-state index in [1.54, 1.807) is 24.2 Å². The molecule has 1 atom stereocenters. The molecule has 0 aliphatic heterocycles. The van der Waals surface area contributed by atoms with Gasteiger partial charge in [0.1, 0.15) is 0 Å². The molecule has 4 heteroatoms. The van der Waals surface area contributed by atoms with E-state index in [-0.39, 0.29) is 5.91 Å². The molecule has 2 aromatic rings. The molecule has 0 bridgehead atoms. The first-order valence-electron chi connectivity index (χ1n) is 6.98. The van der Waals surface area contributed by atoms with Gasteiger partial charge in [0, 0.05) is 29.8 Å². The lowest BCUT2D eigenvalue weighted by Crippen LogP contribution is -2.32. The Morgan fingerprint density at radius 3 is 2.48 bits per heavy atom. The van der Waals surface area contributed by atoms with Crippen LogP contribution >= 0.6 is 11.8 Å². The highest BCUT2D eigenvalue weighted by Gasteiger charge is 2.18.